The molecule has 1 aliphatic carbocycles. The second-order valence-corrected chi connectivity index (χ2v) is 8.26. The largest absolute Gasteiger partial charge is 0.360 e. The van der Waals surface area contributed by atoms with Crippen LogP contribution in [0.25, 0.3) is 10.9 Å². The van der Waals surface area contributed by atoms with Crippen molar-refractivity contribution in [2.24, 2.45) is 0 Å². The lowest BCUT2D eigenvalue weighted by Gasteiger charge is -2.45. The van der Waals surface area contributed by atoms with E-state index in [1.165, 1.54) is 6.07 Å². The molecule has 0 unspecified atom stereocenters. The van der Waals surface area contributed by atoms with Gasteiger partial charge in [-0.2, -0.15) is 0 Å². The van der Waals surface area contributed by atoms with E-state index in [1.807, 2.05) is 44.4 Å². The first-order valence-electron chi connectivity index (χ1n) is 10.3. The molecule has 1 saturated carbocycles. The van der Waals surface area contributed by atoms with Crippen molar-refractivity contribution in [1.82, 2.24) is 15.2 Å². The minimum Gasteiger partial charge on any atom is -0.360 e. The van der Waals surface area contributed by atoms with E-state index < -0.39 is 11.7 Å². The van der Waals surface area contributed by atoms with Crippen LogP contribution in [-0.4, -0.2) is 41.7 Å². The zero-order chi connectivity index (χ0) is 21.3. The summed E-state index contributed by atoms with van der Waals surface area (Å²) in [4.78, 5) is 30.5. The molecule has 3 aromatic rings. The maximum absolute atomic E-state index is 13.8. The molecule has 1 amide bonds. The number of halogens is 1. The highest BCUT2D eigenvalue weighted by Crippen LogP contribution is 2.41. The molecule has 2 aromatic carbocycles. The Labute approximate surface area is 175 Å². The number of carbonyl (C=O) groups is 2. The minimum atomic E-state index is -0.576. The molecule has 1 heterocycles. The van der Waals surface area contributed by atoms with Gasteiger partial charge >= 0.3 is 0 Å². The van der Waals surface area contributed by atoms with Crippen molar-refractivity contribution in [1.29, 1.82) is 0 Å². The SMILES string of the molecule is CN(C)C1(c2cccc(F)c2)CCC(NC(=O)C(=O)c2c[nH]c3ccccc23)CC1. The Morgan fingerprint density at radius 3 is 2.53 bits per heavy atom. The first-order chi connectivity index (χ1) is 14.4. The van der Waals surface area contributed by atoms with Crippen LogP contribution in [0.15, 0.2) is 54.7 Å². The van der Waals surface area contributed by atoms with E-state index >= 15 is 0 Å². The number of rotatable bonds is 5. The number of hydrogen-bond acceptors (Lipinski definition) is 3. The third-order valence-electron chi connectivity index (χ3n) is 6.41. The lowest BCUT2D eigenvalue weighted by molar-refractivity contribution is -0.118. The summed E-state index contributed by atoms with van der Waals surface area (Å²) in [5, 5.41) is 3.67. The predicted molar refractivity (Wildman–Crippen MR) is 115 cm³/mol. The van der Waals surface area contributed by atoms with Crippen LogP contribution < -0.4 is 5.32 Å². The third-order valence-corrected chi connectivity index (χ3v) is 6.41. The van der Waals surface area contributed by atoms with Gasteiger partial charge in [0, 0.05) is 28.7 Å². The first-order valence-corrected chi connectivity index (χ1v) is 10.3. The molecule has 156 valence electrons. The third kappa shape index (κ3) is 3.63. The van der Waals surface area contributed by atoms with Crippen molar-refractivity contribution in [2.45, 2.75) is 37.3 Å². The number of fused-ring (bicyclic) bond motifs is 1. The molecule has 0 spiro atoms. The summed E-state index contributed by atoms with van der Waals surface area (Å²) in [5.74, 6) is -1.34. The van der Waals surface area contributed by atoms with Gasteiger partial charge in [-0.3, -0.25) is 14.5 Å². The Bertz CT molecular complexity index is 1080. The summed E-state index contributed by atoms with van der Waals surface area (Å²) in [6.45, 7) is 0. The number of benzene rings is 2. The number of aromatic nitrogens is 1. The Hall–Kier alpha value is -2.99. The average molecular weight is 407 g/mol. The maximum Gasteiger partial charge on any atom is 0.292 e. The molecule has 5 nitrogen and oxygen atoms in total. The van der Waals surface area contributed by atoms with Crippen LogP contribution in [-0.2, 0) is 10.3 Å². The quantitative estimate of drug-likeness (QED) is 0.496. The fraction of sp³-hybridized carbons (Fsp3) is 0.333. The number of aromatic amines is 1. The second-order valence-electron chi connectivity index (χ2n) is 8.26. The molecule has 0 bridgehead atoms. The highest BCUT2D eigenvalue weighted by Gasteiger charge is 2.39. The fourth-order valence-electron chi connectivity index (χ4n) is 4.64. The van der Waals surface area contributed by atoms with Crippen molar-refractivity contribution in [3.05, 3.63) is 71.7 Å². The number of ketones is 1. The Kier molecular flexibility index (Phi) is 5.43. The molecular weight excluding hydrogens is 381 g/mol. The van der Waals surface area contributed by atoms with E-state index in [1.54, 1.807) is 18.3 Å². The summed E-state index contributed by atoms with van der Waals surface area (Å²) in [6.07, 6.45) is 4.59. The van der Waals surface area contributed by atoms with Crippen LogP contribution >= 0.6 is 0 Å². The van der Waals surface area contributed by atoms with Gasteiger partial charge in [0.1, 0.15) is 5.82 Å². The van der Waals surface area contributed by atoms with Crippen molar-refractivity contribution in [3.8, 4) is 0 Å². The van der Waals surface area contributed by atoms with Crippen molar-refractivity contribution in [2.75, 3.05) is 14.1 Å². The van der Waals surface area contributed by atoms with E-state index in [9.17, 15) is 14.0 Å². The summed E-state index contributed by atoms with van der Waals surface area (Å²) < 4.78 is 13.8. The molecule has 4 rings (SSSR count). The van der Waals surface area contributed by atoms with E-state index in [4.69, 9.17) is 0 Å². The fourth-order valence-corrected chi connectivity index (χ4v) is 4.64. The van der Waals surface area contributed by atoms with Crippen LogP contribution in [0, 0.1) is 5.82 Å². The number of H-pyrrole nitrogens is 1. The summed E-state index contributed by atoms with van der Waals surface area (Å²) in [6, 6.07) is 14.1. The average Bonchev–Trinajstić information content (AvgIpc) is 3.17. The number of nitrogens with zero attached hydrogens (tertiary/aromatic N) is 1. The molecule has 6 heteroatoms. The second kappa shape index (κ2) is 8.03. The van der Waals surface area contributed by atoms with Crippen LogP contribution in [0.2, 0.25) is 0 Å². The summed E-state index contributed by atoms with van der Waals surface area (Å²) in [5.41, 5.74) is 1.90. The molecule has 0 saturated heterocycles. The normalized spacial score (nSPS) is 21.7. The number of hydrogen-bond donors (Lipinski definition) is 2. The highest BCUT2D eigenvalue weighted by atomic mass is 19.1. The van der Waals surface area contributed by atoms with E-state index in [-0.39, 0.29) is 17.4 Å². The van der Waals surface area contributed by atoms with Gasteiger partial charge in [0.25, 0.3) is 11.7 Å². The topological polar surface area (TPSA) is 65.2 Å². The first kappa shape index (κ1) is 20.3. The van der Waals surface area contributed by atoms with Gasteiger partial charge in [-0.05, 0) is 63.5 Å². The number of carbonyl (C=O) groups excluding carboxylic acids is 2. The number of Topliss-reactive ketones (excluding diaryl/α,β-unsaturated/α-hetero) is 1. The van der Waals surface area contributed by atoms with Crippen LogP contribution in [0.4, 0.5) is 4.39 Å². The van der Waals surface area contributed by atoms with E-state index in [2.05, 4.69) is 15.2 Å². The minimum absolute atomic E-state index is 0.0757. The Balaban J connectivity index is 1.45. The van der Waals surface area contributed by atoms with Crippen molar-refractivity contribution in [3.63, 3.8) is 0 Å². The van der Waals surface area contributed by atoms with Gasteiger partial charge in [-0.15, -0.1) is 0 Å². The zero-order valence-electron chi connectivity index (χ0n) is 17.2. The van der Waals surface area contributed by atoms with Crippen LogP contribution in [0.3, 0.4) is 0 Å². The number of para-hydroxylation sites is 1. The van der Waals surface area contributed by atoms with Crippen LogP contribution in [0.5, 0.6) is 0 Å². The molecule has 0 radical (unpaired) electrons. The monoisotopic (exact) mass is 407 g/mol. The molecule has 1 fully saturated rings. The smallest absolute Gasteiger partial charge is 0.292 e. The van der Waals surface area contributed by atoms with Gasteiger partial charge in [-0.1, -0.05) is 30.3 Å². The highest BCUT2D eigenvalue weighted by molar-refractivity contribution is 6.45. The molecule has 2 N–H and O–H groups in total. The van der Waals surface area contributed by atoms with Gasteiger partial charge in [0.05, 0.1) is 5.56 Å². The lowest BCUT2D eigenvalue weighted by atomic mass is 9.74. The van der Waals surface area contributed by atoms with E-state index in [0.717, 1.165) is 42.1 Å². The maximum atomic E-state index is 13.8. The van der Waals surface area contributed by atoms with Gasteiger partial charge in [0.15, 0.2) is 0 Å². The molecular formula is C24H26FN3O2. The zero-order valence-corrected chi connectivity index (χ0v) is 17.2. The standard InChI is InChI=1S/C24H26FN3O2/c1-28(2)24(16-6-5-7-17(25)14-16)12-10-18(11-13-24)27-23(30)22(29)20-15-26-21-9-4-3-8-19(20)21/h3-9,14-15,18,26H,10-13H2,1-2H3,(H,27,30). The van der Waals surface area contributed by atoms with Crippen LogP contribution in [0.1, 0.15) is 41.6 Å². The van der Waals surface area contributed by atoms with Crippen molar-refractivity contribution < 1.29 is 14.0 Å². The van der Waals surface area contributed by atoms with Gasteiger partial charge in [0.2, 0.25) is 0 Å². The van der Waals surface area contributed by atoms with Gasteiger partial charge in [-0.25, -0.2) is 4.39 Å². The molecule has 1 aliphatic rings. The Morgan fingerprint density at radius 2 is 1.83 bits per heavy atom. The summed E-state index contributed by atoms with van der Waals surface area (Å²) in [7, 11) is 4.01. The number of nitrogens with one attached hydrogen (secondary N) is 2. The number of amides is 1. The van der Waals surface area contributed by atoms with E-state index in [0.29, 0.717) is 5.56 Å². The lowest BCUT2D eigenvalue weighted by Crippen LogP contribution is -2.49. The molecule has 30 heavy (non-hydrogen) atoms. The van der Waals surface area contributed by atoms with Crippen molar-refractivity contribution >= 4 is 22.6 Å². The molecule has 0 aliphatic heterocycles. The molecule has 1 aromatic heterocycles. The van der Waals surface area contributed by atoms with Gasteiger partial charge < -0.3 is 10.3 Å². The predicted octanol–water partition coefficient (Wildman–Crippen LogP) is 4.01. The Morgan fingerprint density at radius 1 is 1.10 bits per heavy atom. The molecule has 0 atom stereocenters. The summed E-state index contributed by atoms with van der Waals surface area (Å²) >= 11 is 0.